The van der Waals surface area contributed by atoms with Crippen LogP contribution in [0, 0.1) is 5.92 Å². The van der Waals surface area contributed by atoms with Gasteiger partial charge in [0.25, 0.3) is 0 Å². The first-order valence-corrected chi connectivity index (χ1v) is 13.6. The highest BCUT2D eigenvalue weighted by atomic mass is 35.5. The Morgan fingerprint density at radius 1 is 0.895 bits per heavy atom. The van der Waals surface area contributed by atoms with Gasteiger partial charge in [0, 0.05) is 17.5 Å². The number of halogens is 1. The van der Waals surface area contributed by atoms with Gasteiger partial charge in [-0.25, -0.2) is 0 Å². The highest BCUT2D eigenvalue weighted by Crippen LogP contribution is 2.62. The van der Waals surface area contributed by atoms with Gasteiger partial charge < -0.3 is 10.2 Å². The fourth-order valence-corrected chi connectivity index (χ4v) is 7.49. The molecule has 1 amide bonds. The third kappa shape index (κ3) is 3.01. The molecule has 38 heavy (non-hydrogen) atoms. The third-order valence-corrected chi connectivity index (χ3v) is 9.24. The summed E-state index contributed by atoms with van der Waals surface area (Å²) in [5.74, 6) is -1.77. The Kier molecular flexibility index (Phi) is 5.18. The molecule has 186 valence electrons. The van der Waals surface area contributed by atoms with Gasteiger partial charge in [-0.3, -0.25) is 14.4 Å². The number of amides is 1. The van der Waals surface area contributed by atoms with E-state index >= 15 is 0 Å². The lowest BCUT2D eigenvalue weighted by Crippen LogP contribution is -2.49. The van der Waals surface area contributed by atoms with Gasteiger partial charge in [0.05, 0.1) is 21.9 Å². The number of carbonyl (C=O) groups is 3. The molecule has 3 aliphatic heterocycles. The zero-order chi connectivity index (χ0) is 26.0. The number of Topliss-reactive ketones (excluding diaryl/α,β-unsaturated/α-hetero) is 2. The number of rotatable bonds is 4. The second-order valence-electron chi connectivity index (χ2n) is 9.77. The summed E-state index contributed by atoms with van der Waals surface area (Å²) in [6.45, 7) is 0. The number of para-hydroxylation sites is 1. The minimum Gasteiger partial charge on any atom is -0.358 e. The molecule has 4 atom stereocenters. The van der Waals surface area contributed by atoms with Crippen molar-refractivity contribution in [2.45, 2.75) is 17.5 Å². The van der Waals surface area contributed by atoms with Crippen molar-refractivity contribution >= 4 is 52.2 Å². The Morgan fingerprint density at radius 3 is 2.47 bits per heavy atom. The standard InChI is InChI=1S/C31H21ClN2O3S/c32-22-12-5-3-10-20(22)27(35)26-25(28(36)24-14-7-17-38-24)31(21-11-4-6-13-23(21)33-30(31)37)29-19-9-2-1-8-18(19)15-16-34(26)29/h1-17,25-26,29H,(H,33,37)/t25-,26-,29+,31+/m0/s1. The summed E-state index contributed by atoms with van der Waals surface area (Å²) >= 11 is 7.84. The maximum atomic E-state index is 14.5. The maximum Gasteiger partial charge on any atom is 0.238 e. The summed E-state index contributed by atoms with van der Waals surface area (Å²) in [5.41, 5.74) is 2.26. The van der Waals surface area contributed by atoms with Gasteiger partial charge in [-0.15, -0.1) is 11.3 Å². The second kappa shape index (κ2) is 8.51. The molecule has 3 aliphatic rings. The highest BCUT2D eigenvalue weighted by Gasteiger charge is 2.70. The molecule has 7 rings (SSSR count). The van der Waals surface area contributed by atoms with Gasteiger partial charge in [-0.2, -0.15) is 0 Å². The molecule has 1 saturated heterocycles. The zero-order valence-electron chi connectivity index (χ0n) is 20.0. The molecular weight excluding hydrogens is 516 g/mol. The number of carbonyl (C=O) groups excluding carboxylic acids is 3. The topological polar surface area (TPSA) is 66.5 Å². The van der Waals surface area contributed by atoms with Crippen LogP contribution in [0.15, 0.2) is 96.5 Å². The lowest BCUT2D eigenvalue weighted by Gasteiger charge is -2.38. The SMILES string of the molecule is O=C(c1ccccc1Cl)[C@@H]1[C@@H](C(=O)c2cccs2)[C@@]2(C(=O)Nc3ccccc32)[C@H]2c3ccccc3C=CN12. The fraction of sp³-hybridized carbons (Fsp3) is 0.129. The molecule has 1 N–H and O–H groups in total. The monoisotopic (exact) mass is 536 g/mol. The summed E-state index contributed by atoms with van der Waals surface area (Å²) in [6.07, 6.45) is 3.81. The van der Waals surface area contributed by atoms with Crippen LogP contribution in [-0.4, -0.2) is 28.4 Å². The van der Waals surface area contributed by atoms with Gasteiger partial charge in [-0.1, -0.05) is 72.3 Å². The lowest BCUT2D eigenvalue weighted by molar-refractivity contribution is -0.122. The lowest BCUT2D eigenvalue weighted by atomic mass is 9.63. The number of fused-ring (bicyclic) bond motifs is 6. The molecule has 1 spiro atoms. The van der Waals surface area contributed by atoms with Crippen molar-refractivity contribution in [2.75, 3.05) is 5.32 Å². The minimum atomic E-state index is -1.33. The molecule has 0 unspecified atom stereocenters. The van der Waals surface area contributed by atoms with E-state index in [-0.39, 0.29) is 17.5 Å². The van der Waals surface area contributed by atoms with Crippen LogP contribution >= 0.6 is 22.9 Å². The van der Waals surface area contributed by atoms with Crippen LogP contribution in [0.2, 0.25) is 5.02 Å². The number of nitrogens with zero attached hydrogens (tertiary/aromatic N) is 1. The van der Waals surface area contributed by atoms with E-state index in [1.54, 1.807) is 30.3 Å². The van der Waals surface area contributed by atoms with Crippen LogP contribution in [0.25, 0.3) is 6.08 Å². The number of nitrogens with one attached hydrogen (secondary N) is 1. The number of anilines is 1. The van der Waals surface area contributed by atoms with E-state index < -0.39 is 23.4 Å². The Labute approximate surface area is 228 Å². The Morgan fingerprint density at radius 2 is 1.66 bits per heavy atom. The van der Waals surface area contributed by atoms with E-state index in [9.17, 15) is 14.4 Å². The quantitative estimate of drug-likeness (QED) is 0.307. The van der Waals surface area contributed by atoms with E-state index in [4.69, 9.17) is 11.6 Å². The van der Waals surface area contributed by atoms with Crippen LogP contribution in [0.4, 0.5) is 5.69 Å². The molecule has 0 saturated carbocycles. The number of hydrogen-bond donors (Lipinski definition) is 1. The van der Waals surface area contributed by atoms with Crippen molar-refractivity contribution in [1.82, 2.24) is 4.90 Å². The predicted octanol–water partition coefficient (Wildman–Crippen LogP) is 6.38. The van der Waals surface area contributed by atoms with Crippen LogP contribution in [0.3, 0.4) is 0 Å². The van der Waals surface area contributed by atoms with E-state index in [0.29, 0.717) is 21.2 Å². The average Bonchev–Trinajstić information content (AvgIpc) is 3.65. The molecule has 7 heteroatoms. The Bertz CT molecular complexity index is 1660. The minimum absolute atomic E-state index is 0.225. The summed E-state index contributed by atoms with van der Waals surface area (Å²) in [6, 6.07) is 24.3. The number of ketones is 2. The number of hydrogen-bond acceptors (Lipinski definition) is 5. The normalized spacial score (nSPS) is 24.6. The van der Waals surface area contributed by atoms with Crippen LogP contribution in [0.5, 0.6) is 0 Å². The summed E-state index contributed by atoms with van der Waals surface area (Å²) in [7, 11) is 0. The van der Waals surface area contributed by atoms with Crippen LogP contribution < -0.4 is 5.32 Å². The first-order valence-electron chi connectivity index (χ1n) is 12.4. The second-order valence-corrected chi connectivity index (χ2v) is 11.1. The maximum absolute atomic E-state index is 14.5. The smallest absolute Gasteiger partial charge is 0.238 e. The van der Waals surface area contributed by atoms with E-state index in [1.807, 2.05) is 77.2 Å². The van der Waals surface area contributed by atoms with Gasteiger partial charge >= 0.3 is 0 Å². The Balaban J connectivity index is 1.56. The molecule has 0 aliphatic carbocycles. The average molecular weight is 537 g/mol. The molecule has 4 aromatic rings. The zero-order valence-corrected chi connectivity index (χ0v) is 21.6. The summed E-state index contributed by atoms with van der Waals surface area (Å²) < 4.78 is 0. The first kappa shape index (κ1) is 23.1. The van der Waals surface area contributed by atoms with E-state index in [1.165, 1.54) is 11.3 Å². The summed E-state index contributed by atoms with van der Waals surface area (Å²) in [4.78, 5) is 45.7. The van der Waals surface area contributed by atoms with Crippen molar-refractivity contribution in [2.24, 2.45) is 5.92 Å². The van der Waals surface area contributed by atoms with Crippen molar-refractivity contribution in [3.05, 3.63) is 129 Å². The molecule has 3 aromatic carbocycles. The van der Waals surface area contributed by atoms with Crippen molar-refractivity contribution in [3.63, 3.8) is 0 Å². The van der Waals surface area contributed by atoms with E-state index in [0.717, 1.165) is 16.7 Å². The van der Waals surface area contributed by atoms with E-state index in [2.05, 4.69) is 5.32 Å². The molecule has 5 nitrogen and oxygen atoms in total. The molecule has 0 bridgehead atoms. The predicted molar refractivity (Wildman–Crippen MR) is 149 cm³/mol. The largest absolute Gasteiger partial charge is 0.358 e. The van der Waals surface area contributed by atoms with Gasteiger partial charge in [-0.05, 0) is 52.4 Å². The Hall–Kier alpha value is -4.00. The molecule has 1 aromatic heterocycles. The molecule has 4 heterocycles. The fourth-order valence-electron chi connectivity index (χ4n) is 6.56. The molecule has 1 fully saturated rings. The first-order chi connectivity index (χ1) is 18.5. The number of benzene rings is 3. The van der Waals surface area contributed by atoms with Gasteiger partial charge in [0.2, 0.25) is 5.91 Å². The van der Waals surface area contributed by atoms with Gasteiger partial charge in [0.15, 0.2) is 11.6 Å². The van der Waals surface area contributed by atoms with Crippen molar-refractivity contribution in [1.29, 1.82) is 0 Å². The van der Waals surface area contributed by atoms with Gasteiger partial charge in [0.1, 0.15) is 11.5 Å². The third-order valence-electron chi connectivity index (χ3n) is 8.02. The molecular formula is C31H21ClN2O3S. The molecule has 0 radical (unpaired) electrons. The highest BCUT2D eigenvalue weighted by molar-refractivity contribution is 7.12. The van der Waals surface area contributed by atoms with Crippen LogP contribution in [-0.2, 0) is 10.2 Å². The van der Waals surface area contributed by atoms with Crippen LogP contribution in [0.1, 0.15) is 42.8 Å². The van der Waals surface area contributed by atoms with Crippen molar-refractivity contribution < 1.29 is 14.4 Å². The number of thiophene rings is 1. The van der Waals surface area contributed by atoms with Crippen molar-refractivity contribution in [3.8, 4) is 0 Å². The summed E-state index contributed by atoms with van der Waals surface area (Å²) in [5, 5.41) is 5.21.